The summed E-state index contributed by atoms with van der Waals surface area (Å²) in [6.07, 6.45) is -0.519. The fourth-order valence-electron chi connectivity index (χ4n) is 2.69. The third-order valence-electron chi connectivity index (χ3n) is 4.20. The van der Waals surface area contributed by atoms with Gasteiger partial charge in [-0.3, -0.25) is 4.79 Å². The molecule has 0 aliphatic carbocycles. The van der Waals surface area contributed by atoms with Crippen LogP contribution in [0, 0.1) is 3.57 Å². The van der Waals surface area contributed by atoms with E-state index < -0.39 is 6.10 Å². The second kappa shape index (κ2) is 10.9. The Morgan fingerprint density at radius 1 is 1.19 bits per heavy atom. The summed E-state index contributed by atoms with van der Waals surface area (Å²) in [6.45, 7) is 5.95. The van der Waals surface area contributed by atoms with Crippen molar-refractivity contribution < 1.29 is 13.9 Å². The second-order valence-corrected chi connectivity index (χ2v) is 9.98. The first-order chi connectivity index (χ1) is 14.7. The van der Waals surface area contributed by atoms with Crippen molar-refractivity contribution >= 4 is 69.1 Å². The third-order valence-corrected chi connectivity index (χ3v) is 6.22. The van der Waals surface area contributed by atoms with Gasteiger partial charge in [-0.2, -0.15) is 0 Å². The Morgan fingerprint density at radius 2 is 1.97 bits per heavy atom. The van der Waals surface area contributed by atoms with Gasteiger partial charge in [-0.1, -0.05) is 48.8 Å². The van der Waals surface area contributed by atoms with Crippen LogP contribution in [-0.4, -0.2) is 21.9 Å². The maximum absolute atomic E-state index is 12.4. The van der Waals surface area contributed by atoms with Crippen molar-refractivity contribution in [1.29, 1.82) is 0 Å². The molecule has 10 heteroatoms. The summed E-state index contributed by atoms with van der Waals surface area (Å²) < 4.78 is 12.5. The van der Waals surface area contributed by atoms with E-state index in [4.69, 9.17) is 32.4 Å². The minimum Gasteiger partial charge on any atom is -0.479 e. The van der Waals surface area contributed by atoms with Gasteiger partial charge in [0.2, 0.25) is 5.91 Å². The van der Waals surface area contributed by atoms with E-state index in [1.54, 1.807) is 25.1 Å². The fourth-order valence-corrected chi connectivity index (χ4v) is 4.23. The lowest BCUT2D eigenvalue weighted by atomic mass is 10.0. The molecule has 6 nitrogen and oxygen atoms in total. The molecule has 0 fully saturated rings. The highest BCUT2D eigenvalue weighted by Gasteiger charge is 2.18. The summed E-state index contributed by atoms with van der Waals surface area (Å²) in [6, 6.07) is 10.9. The summed E-state index contributed by atoms with van der Waals surface area (Å²) in [4.78, 5) is 12.4. The number of rotatable bonds is 8. The molecule has 0 aliphatic rings. The van der Waals surface area contributed by atoms with Crippen LogP contribution in [0.2, 0.25) is 10.0 Å². The average molecular weight is 592 g/mol. The van der Waals surface area contributed by atoms with Crippen LogP contribution < -0.4 is 10.1 Å². The van der Waals surface area contributed by atoms with E-state index in [0.29, 0.717) is 21.7 Å². The number of hydrogen-bond acceptors (Lipinski definition) is 6. The lowest BCUT2D eigenvalue weighted by molar-refractivity contribution is -0.113. The van der Waals surface area contributed by atoms with Crippen molar-refractivity contribution in [1.82, 2.24) is 10.2 Å². The molecule has 164 valence electrons. The highest BCUT2D eigenvalue weighted by Crippen LogP contribution is 2.32. The normalized spacial score (nSPS) is 12.1. The van der Waals surface area contributed by atoms with Crippen molar-refractivity contribution in [3.05, 3.63) is 61.5 Å². The second-order valence-electron chi connectivity index (χ2n) is 6.96. The average Bonchev–Trinajstić information content (AvgIpc) is 3.19. The molecule has 0 bridgehead atoms. The predicted molar refractivity (Wildman–Crippen MR) is 132 cm³/mol. The number of aromatic nitrogens is 2. The van der Waals surface area contributed by atoms with Gasteiger partial charge in [0.1, 0.15) is 5.75 Å². The third kappa shape index (κ3) is 6.74. The van der Waals surface area contributed by atoms with Crippen molar-refractivity contribution in [2.75, 3.05) is 11.1 Å². The van der Waals surface area contributed by atoms with Crippen molar-refractivity contribution in [2.24, 2.45) is 0 Å². The largest absolute Gasteiger partial charge is 0.479 e. The molecular weight excluding hydrogens is 572 g/mol. The van der Waals surface area contributed by atoms with E-state index in [2.05, 4.69) is 58.0 Å². The van der Waals surface area contributed by atoms with Crippen LogP contribution in [0.3, 0.4) is 0 Å². The molecule has 1 amide bonds. The Balaban J connectivity index is 1.57. The van der Waals surface area contributed by atoms with E-state index in [-0.39, 0.29) is 22.8 Å². The van der Waals surface area contributed by atoms with Crippen LogP contribution in [-0.2, 0) is 4.79 Å². The Hall–Kier alpha value is -1.49. The van der Waals surface area contributed by atoms with Crippen LogP contribution in [0.15, 0.2) is 46.0 Å². The van der Waals surface area contributed by atoms with Crippen LogP contribution >= 0.6 is 57.6 Å². The van der Waals surface area contributed by atoms with Gasteiger partial charge in [0, 0.05) is 14.3 Å². The van der Waals surface area contributed by atoms with Gasteiger partial charge in [0.05, 0.1) is 10.8 Å². The number of carbonyl (C=O) groups is 1. The predicted octanol–water partition coefficient (Wildman–Crippen LogP) is 6.98. The van der Waals surface area contributed by atoms with Gasteiger partial charge in [0.25, 0.3) is 11.1 Å². The molecule has 1 N–H and O–H groups in total. The molecule has 1 heterocycles. The number of anilines is 1. The Kier molecular flexibility index (Phi) is 8.49. The lowest BCUT2D eigenvalue weighted by Gasteiger charge is -2.14. The molecule has 3 rings (SSSR count). The molecular formula is C21H20Cl2IN3O3S. The summed E-state index contributed by atoms with van der Waals surface area (Å²) >= 11 is 15.5. The molecule has 0 spiro atoms. The first kappa shape index (κ1) is 24.2. The molecule has 2 aromatic carbocycles. The number of hydrogen-bond donors (Lipinski definition) is 1. The molecule has 3 aromatic rings. The summed E-state index contributed by atoms with van der Waals surface area (Å²) in [7, 11) is 0. The van der Waals surface area contributed by atoms with Gasteiger partial charge in [-0.05, 0) is 77.4 Å². The number of thioether (sulfide) groups is 1. The maximum Gasteiger partial charge on any atom is 0.277 e. The number of halogens is 3. The molecule has 0 saturated carbocycles. The van der Waals surface area contributed by atoms with Crippen LogP contribution in [0.1, 0.15) is 44.2 Å². The topological polar surface area (TPSA) is 77.2 Å². The summed E-state index contributed by atoms with van der Waals surface area (Å²) in [5.41, 5.74) is 1.91. The molecule has 0 saturated heterocycles. The monoisotopic (exact) mass is 591 g/mol. The van der Waals surface area contributed by atoms with Crippen LogP contribution in [0.5, 0.6) is 5.75 Å². The van der Waals surface area contributed by atoms with Crippen LogP contribution in [0.25, 0.3) is 0 Å². The standard InChI is InChI=1S/C21H20Cl2IN3O3S/c1-11(2)15-9-14(24)5-6-17(15)25-19(28)10-31-21-27-26-20(30-21)12(3)29-18-7-4-13(22)8-16(18)23/h4-9,11-12H,10H2,1-3H3,(H,25,28)/t12-/m0/s1. The Labute approximate surface area is 208 Å². The zero-order valence-electron chi connectivity index (χ0n) is 17.0. The number of nitrogens with one attached hydrogen (secondary N) is 1. The van der Waals surface area contributed by atoms with E-state index in [0.717, 1.165) is 26.6 Å². The SMILES string of the molecule is CC(C)c1cc(I)ccc1NC(=O)CSc1nnc([C@H](C)Oc2ccc(Cl)cc2Cl)o1. The maximum atomic E-state index is 12.4. The number of nitrogens with zero attached hydrogens (tertiary/aromatic N) is 2. The fraction of sp³-hybridized carbons (Fsp3) is 0.286. The zero-order valence-corrected chi connectivity index (χ0v) is 21.5. The van der Waals surface area contributed by atoms with Gasteiger partial charge >= 0.3 is 0 Å². The molecule has 1 atom stereocenters. The zero-order chi connectivity index (χ0) is 22.5. The van der Waals surface area contributed by atoms with E-state index >= 15 is 0 Å². The Morgan fingerprint density at radius 3 is 2.68 bits per heavy atom. The minimum absolute atomic E-state index is 0.142. The van der Waals surface area contributed by atoms with Crippen molar-refractivity contribution in [2.45, 2.75) is 38.0 Å². The quantitative estimate of drug-likeness (QED) is 0.225. The van der Waals surface area contributed by atoms with E-state index in [1.165, 1.54) is 0 Å². The van der Waals surface area contributed by atoms with E-state index in [9.17, 15) is 4.79 Å². The molecule has 0 unspecified atom stereocenters. The summed E-state index contributed by atoms with van der Waals surface area (Å²) in [5, 5.41) is 12.1. The molecule has 0 radical (unpaired) electrons. The number of amides is 1. The lowest BCUT2D eigenvalue weighted by Crippen LogP contribution is -2.15. The minimum atomic E-state index is -0.519. The smallest absolute Gasteiger partial charge is 0.277 e. The van der Waals surface area contributed by atoms with Crippen molar-refractivity contribution in [3.63, 3.8) is 0 Å². The van der Waals surface area contributed by atoms with Crippen LogP contribution in [0.4, 0.5) is 5.69 Å². The van der Waals surface area contributed by atoms with E-state index in [1.807, 2.05) is 12.1 Å². The molecule has 0 aliphatic heterocycles. The Bertz CT molecular complexity index is 1080. The molecule has 1 aromatic heterocycles. The number of benzene rings is 2. The van der Waals surface area contributed by atoms with Gasteiger partial charge in [-0.15, -0.1) is 10.2 Å². The van der Waals surface area contributed by atoms with Gasteiger partial charge in [0.15, 0.2) is 6.10 Å². The van der Waals surface area contributed by atoms with Gasteiger partial charge < -0.3 is 14.5 Å². The highest BCUT2D eigenvalue weighted by molar-refractivity contribution is 14.1. The number of carbonyl (C=O) groups excluding carboxylic acids is 1. The number of ether oxygens (including phenoxy) is 1. The molecule has 31 heavy (non-hydrogen) atoms. The van der Waals surface area contributed by atoms with Crippen molar-refractivity contribution in [3.8, 4) is 5.75 Å². The first-order valence-electron chi connectivity index (χ1n) is 9.40. The highest BCUT2D eigenvalue weighted by atomic mass is 127. The van der Waals surface area contributed by atoms with Gasteiger partial charge in [-0.25, -0.2) is 0 Å². The summed E-state index contributed by atoms with van der Waals surface area (Å²) in [5.74, 6) is 1.04. The first-order valence-corrected chi connectivity index (χ1v) is 12.2.